The molecular formula is C11H9IN2. The van der Waals surface area contributed by atoms with Gasteiger partial charge in [0.1, 0.15) is 0 Å². The van der Waals surface area contributed by atoms with E-state index in [4.69, 9.17) is 5.26 Å². The summed E-state index contributed by atoms with van der Waals surface area (Å²) in [7, 11) is 0. The van der Waals surface area contributed by atoms with Crippen molar-refractivity contribution in [3.8, 4) is 6.07 Å². The van der Waals surface area contributed by atoms with E-state index in [0.717, 1.165) is 18.5 Å². The molecule has 14 heavy (non-hydrogen) atoms. The Kier molecular flexibility index (Phi) is 2.73. The fourth-order valence-corrected chi connectivity index (χ4v) is 2.34. The number of halogens is 1. The Labute approximate surface area is 96.8 Å². The molecule has 0 aliphatic carbocycles. The number of hydrogen-bond donors (Lipinski definition) is 1. The summed E-state index contributed by atoms with van der Waals surface area (Å²) in [5, 5.41) is 12.0. The van der Waals surface area contributed by atoms with Gasteiger partial charge in [0, 0.05) is 21.8 Å². The highest BCUT2D eigenvalue weighted by molar-refractivity contribution is 14.1. The molecule has 1 aliphatic rings. The summed E-state index contributed by atoms with van der Waals surface area (Å²) in [6.07, 6.45) is 2.58. The van der Waals surface area contributed by atoms with E-state index in [1.165, 1.54) is 14.8 Å². The van der Waals surface area contributed by atoms with Crippen LogP contribution in [0.25, 0.3) is 5.57 Å². The molecule has 2 rings (SSSR count). The molecule has 0 spiro atoms. The molecule has 0 radical (unpaired) electrons. The predicted octanol–water partition coefficient (Wildman–Crippen LogP) is 3.01. The van der Waals surface area contributed by atoms with Crippen molar-refractivity contribution in [2.75, 3.05) is 11.9 Å². The van der Waals surface area contributed by atoms with Crippen LogP contribution >= 0.6 is 22.6 Å². The first-order chi connectivity index (χ1) is 6.83. The molecule has 1 aromatic rings. The molecule has 1 heterocycles. The van der Waals surface area contributed by atoms with Gasteiger partial charge in [0.05, 0.1) is 11.8 Å². The Bertz CT molecular complexity index is 429. The van der Waals surface area contributed by atoms with Crippen LogP contribution in [-0.2, 0) is 0 Å². The largest absolute Gasteiger partial charge is 0.383 e. The second-order valence-corrected chi connectivity index (χ2v) is 4.30. The predicted molar refractivity (Wildman–Crippen MR) is 65.9 cm³/mol. The molecule has 70 valence electrons. The summed E-state index contributed by atoms with van der Waals surface area (Å²) in [5.74, 6) is 0. The van der Waals surface area contributed by atoms with Crippen molar-refractivity contribution in [3.63, 3.8) is 0 Å². The van der Waals surface area contributed by atoms with Crippen molar-refractivity contribution < 1.29 is 0 Å². The van der Waals surface area contributed by atoms with Crippen LogP contribution in [0.5, 0.6) is 0 Å². The molecule has 0 unspecified atom stereocenters. The average molecular weight is 296 g/mol. The molecular weight excluding hydrogens is 287 g/mol. The van der Waals surface area contributed by atoms with Crippen LogP contribution in [-0.4, -0.2) is 6.54 Å². The number of fused-ring (bicyclic) bond motifs is 1. The van der Waals surface area contributed by atoms with E-state index in [9.17, 15) is 0 Å². The number of hydrogen-bond acceptors (Lipinski definition) is 2. The van der Waals surface area contributed by atoms with Crippen molar-refractivity contribution in [2.45, 2.75) is 6.42 Å². The van der Waals surface area contributed by atoms with Gasteiger partial charge in [0.25, 0.3) is 0 Å². The molecule has 0 atom stereocenters. The summed E-state index contributed by atoms with van der Waals surface area (Å²) >= 11 is 2.31. The molecule has 3 heteroatoms. The van der Waals surface area contributed by atoms with E-state index in [1.54, 1.807) is 6.08 Å². The van der Waals surface area contributed by atoms with Crippen LogP contribution < -0.4 is 5.32 Å². The molecule has 1 N–H and O–H groups in total. The fraction of sp³-hybridized carbons (Fsp3) is 0.182. The van der Waals surface area contributed by atoms with Gasteiger partial charge in [-0.3, -0.25) is 0 Å². The SMILES string of the molecule is N#C/C=C1\CCNc2c(I)cccc21. The minimum absolute atomic E-state index is 0.917. The Morgan fingerprint density at radius 1 is 1.50 bits per heavy atom. The van der Waals surface area contributed by atoms with Gasteiger partial charge in [-0.1, -0.05) is 12.1 Å². The number of anilines is 1. The van der Waals surface area contributed by atoms with E-state index in [2.05, 4.69) is 46.1 Å². The number of allylic oxidation sites excluding steroid dienone is 1. The van der Waals surface area contributed by atoms with E-state index >= 15 is 0 Å². The number of benzene rings is 1. The van der Waals surface area contributed by atoms with Crippen molar-refractivity contribution in [3.05, 3.63) is 33.4 Å². The van der Waals surface area contributed by atoms with E-state index < -0.39 is 0 Å². The van der Waals surface area contributed by atoms with Crippen molar-refractivity contribution in [2.24, 2.45) is 0 Å². The maximum absolute atomic E-state index is 8.66. The zero-order valence-corrected chi connectivity index (χ0v) is 9.71. The van der Waals surface area contributed by atoms with Crippen molar-refractivity contribution in [1.82, 2.24) is 0 Å². The average Bonchev–Trinajstić information content (AvgIpc) is 2.20. The Morgan fingerprint density at radius 3 is 3.14 bits per heavy atom. The third-order valence-electron chi connectivity index (χ3n) is 2.29. The number of rotatable bonds is 0. The number of nitriles is 1. The topological polar surface area (TPSA) is 35.8 Å². The number of para-hydroxylation sites is 1. The third-order valence-corrected chi connectivity index (χ3v) is 3.19. The minimum atomic E-state index is 0.917. The molecule has 0 fully saturated rings. The molecule has 0 saturated carbocycles. The standard InChI is InChI=1S/C11H9IN2/c12-10-3-1-2-9-8(4-6-13)5-7-14-11(9)10/h1-4,14H,5,7H2/b8-4+. The lowest BCUT2D eigenvalue weighted by molar-refractivity contribution is 1.05. The van der Waals surface area contributed by atoms with Gasteiger partial charge in [-0.05, 0) is 40.7 Å². The van der Waals surface area contributed by atoms with Gasteiger partial charge in [-0.25, -0.2) is 0 Å². The second kappa shape index (κ2) is 4.01. The lowest BCUT2D eigenvalue weighted by Crippen LogP contribution is -2.12. The molecule has 1 aliphatic heterocycles. The van der Waals surface area contributed by atoms with Crippen molar-refractivity contribution >= 4 is 33.9 Å². The molecule has 0 aromatic heterocycles. The van der Waals surface area contributed by atoms with Gasteiger partial charge >= 0.3 is 0 Å². The van der Waals surface area contributed by atoms with Gasteiger partial charge in [0.2, 0.25) is 0 Å². The fourth-order valence-electron chi connectivity index (χ4n) is 1.66. The maximum Gasteiger partial charge on any atom is 0.0915 e. The van der Waals surface area contributed by atoms with Crippen LogP contribution in [0.1, 0.15) is 12.0 Å². The maximum atomic E-state index is 8.66. The van der Waals surface area contributed by atoms with Crippen molar-refractivity contribution in [1.29, 1.82) is 5.26 Å². The normalized spacial score (nSPS) is 17.0. The van der Waals surface area contributed by atoms with Crippen LogP contribution in [0, 0.1) is 14.9 Å². The van der Waals surface area contributed by atoms with Crippen LogP contribution in [0.3, 0.4) is 0 Å². The summed E-state index contributed by atoms with van der Waals surface area (Å²) in [5.41, 5.74) is 3.48. The minimum Gasteiger partial charge on any atom is -0.383 e. The first-order valence-corrected chi connectivity index (χ1v) is 5.52. The van der Waals surface area contributed by atoms with E-state index in [-0.39, 0.29) is 0 Å². The molecule has 1 aromatic carbocycles. The van der Waals surface area contributed by atoms with Gasteiger partial charge in [-0.15, -0.1) is 0 Å². The van der Waals surface area contributed by atoms with Crippen LogP contribution in [0.15, 0.2) is 24.3 Å². The molecule has 0 saturated heterocycles. The number of nitrogens with one attached hydrogen (secondary N) is 1. The zero-order chi connectivity index (χ0) is 9.97. The van der Waals surface area contributed by atoms with E-state index in [1.807, 2.05) is 6.07 Å². The monoisotopic (exact) mass is 296 g/mol. The van der Waals surface area contributed by atoms with Gasteiger partial charge in [-0.2, -0.15) is 5.26 Å². The summed E-state index contributed by atoms with van der Waals surface area (Å²) in [4.78, 5) is 0. The summed E-state index contributed by atoms with van der Waals surface area (Å²) in [6, 6.07) is 8.27. The van der Waals surface area contributed by atoms with Gasteiger partial charge in [0.15, 0.2) is 0 Å². The lowest BCUT2D eigenvalue weighted by Gasteiger charge is -2.21. The quantitative estimate of drug-likeness (QED) is 0.590. The number of nitrogens with zero attached hydrogens (tertiary/aromatic N) is 1. The Morgan fingerprint density at radius 2 is 2.36 bits per heavy atom. The third kappa shape index (κ3) is 1.62. The highest BCUT2D eigenvalue weighted by atomic mass is 127. The molecule has 0 amide bonds. The van der Waals surface area contributed by atoms with Crippen LogP contribution in [0.2, 0.25) is 0 Å². The first-order valence-electron chi connectivity index (χ1n) is 4.44. The highest BCUT2D eigenvalue weighted by Gasteiger charge is 2.14. The second-order valence-electron chi connectivity index (χ2n) is 3.14. The Hall–Kier alpha value is -1.02. The molecule has 2 nitrogen and oxygen atoms in total. The van der Waals surface area contributed by atoms with E-state index in [0.29, 0.717) is 0 Å². The Balaban J connectivity index is 2.57. The zero-order valence-electron chi connectivity index (χ0n) is 7.55. The molecule has 0 bridgehead atoms. The summed E-state index contributed by atoms with van der Waals surface area (Å²) in [6.45, 7) is 0.917. The highest BCUT2D eigenvalue weighted by Crippen LogP contribution is 2.33. The smallest absolute Gasteiger partial charge is 0.0915 e. The first kappa shape index (κ1) is 9.53. The summed E-state index contributed by atoms with van der Waals surface area (Å²) < 4.78 is 1.21. The van der Waals surface area contributed by atoms with Gasteiger partial charge < -0.3 is 5.32 Å². The lowest BCUT2D eigenvalue weighted by atomic mass is 9.97. The van der Waals surface area contributed by atoms with Crippen LogP contribution in [0.4, 0.5) is 5.69 Å².